The van der Waals surface area contributed by atoms with Gasteiger partial charge in [-0.2, -0.15) is 0 Å². The molecule has 0 aliphatic carbocycles. The van der Waals surface area contributed by atoms with E-state index in [4.69, 9.17) is 0 Å². The Morgan fingerprint density at radius 3 is 2.58 bits per heavy atom. The maximum Gasteiger partial charge on any atom is 0.326 e. The Kier molecular flexibility index (Phi) is 7.18. The molecule has 0 spiro atoms. The highest BCUT2D eigenvalue weighted by Gasteiger charge is 2.32. The third kappa shape index (κ3) is 5.31. The van der Waals surface area contributed by atoms with Gasteiger partial charge in [-0.3, -0.25) is 9.59 Å². The zero-order valence-corrected chi connectivity index (χ0v) is 15.5. The van der Waals surface area contributed by atoms with Gasteiger partial charge in [0.1, 0.15) is 6.04 Å². The molecule has 1 aliphatic rings. The zero-order chi connectivity index (χ0) is 19.1. The summed E-state index contributed by atoms with van der Waals surface area (Å²) in [6.45, 7) is 4.90. The van der Waals surface area contributed by atoms with Crippen LogP contribution in [0.15, 0.2) is 30.3 Å². The Hall–Kier alpha value is -2.37. The number of carboxylic acid groups (broad SMARTS) is 1. The van der Waals surface area contributed by atoms with E-state index in [0.717, 1.165) is 18.4 Å². The van der Waals surface area contributed by atoms with Crippen molar-refractivity contribution >= 4 is 17.8 Å². The SMILES string of the molecule is CCC(C)C(=O)N1CCCC(C(=O)N[C@H](Cc2ccccc2)C(=O)O)C1. The monoisotopic (exact) mass is 360 g/mol. The van der Waals surface area contributed by atoms with Gasteiger partial charge in [0.25, 0.3) is 0 Å². The van der Waals surface area contributed by atoms with Gasteiger partial charge in [-0.15, -0.1) is 0 Å². The van der Waals surface area contributed by atoms with E-state index in [9.17, 15) is 19.5 Å². The van der Waals surface area contributed by atoms with Crippen LogP contribution in [0.25, 0.3) is 0 Å². The molecule has 3 atom stereocenters. The lowest BCUT2D eigenvalue weighted by molar-refractivity contribution is -0.144. The van der Waals surface area contributed by atoms with Crippen LogP contribution in [0.2, 0.25) is 0 Å². The number of carbonyl (C=O) groups is 3. The fourth-order valence-electron chi connectivity index (χ4n) is 3.22. The van der Waals surface area contributed by atoms with Crippen LogP contribution in [0.1, 0.15) is 38.7 Å². The number of amides is 2. The van der Waals surface area contributed by atoms with Crippen LogP contribution >= 0.6 is 0 Å². The predicted octanol–water partition coefficient (Wildman–Crippen LogP) is 2.08. The van der Waals surface area contributed by atoms with Crippen LogP contribution in [0.5, 0.6) is 0 Å². The van der Waals surface area contributed by atoms with Gasteiger partial charge in [-0.25, -0.2) is 4.79 Å². The molecule has 0 radical (unpaired) electrons. The van der Waals surface area contributed by atoms with Crippen molar-refractivity contribution in [3.05, 3.63) is 35.9 Å². The smallest absolute Gasteiger partial charge is 0.326 e. The van der Waals surface area contributed by atoms with Crippen molar-refractivity contribution in [2.45, 2.75) is 45.6 Å². The average Bonchev–Trinajstić information content (AvgIpc) is 2.67. The van der Waals surface area contributed by atoms with Crippen molar-refractivity contribution in [1.29, 1.82) is 0 Å². The van der Waals surface area contributed by atoms with Gasteiger partial charge in [0.2, 0.25) is 11.8 Å². The fourth-order valence-corrected chi connectivity index (χ4v) is 3.22. The molecule has 1 aromatic rings. The molecule has 2 rings (SSSR count). The summed E-state index contributed by atoms with van der Waals surface area (Å²) < 4.78 is 0. The van der Waals surface area contributed by atoms with Gasteiger partial charge in [0, 0.05) is 25.4 Å². The van der Waals surface area contributed by atoms with Gasteiger partial charge in [0.15, 0.2) is 0 Å². The number of benzene rings is 1. The Morgan fingerprint density at radius 1 is 1.27 bits per heavy atom. The highest BCUT2D eigenvalue weighted by Crippen LogP contribution is 2.20. The second-order valence-electron chi connectivity index (χ2n) is 7.02. The maximum absolute atomic E-state index is 12.6. The first-order chi connectivity index (χ1) is 12.4. The molecule has 1 aromatic carbocycles. The van der Waals surface area contributed by atoms with Crippen LogP contribution in [0.3, 0.4) is 0 Å². The van der Waals surface area contributed by atoms with Gasteiger partial charge in [-0.05, 0) is 24.8 Å². The van der Waals surface area contributed by atoms with Crippen molar-refractivity contribution in [2.75, 3.05) is 13.1 Å². The largest absolute Gasteiger partial charge is 0.480 e. The van der Waals surface area contributed by atoms with Gasteiger partial charge in [-0.1, -0.05) is 44.2 Å². The van der Waals surface area contributed by atoms with Crippen LogP contribution in [-0.4, -0.2) is 46.9 Å². The quantitative estimate of drug-likeness (QED) is 0.779. The molecule has 0 bridgehead atoms. The Labute approximate surface area is 154 Å². The van der Waals surface area contributed by atoms with Gasteiger partial charge >= 0.3 is 5.97 Å². The number of nitrogens with one attached hydrogen (secondary N) is 1. The maximum atomic E-state index is 12.6. The van der Waals surface area contributed by atoms with E-state index in [1.54, 1.807) is 4.90 Å². The second-order valence-corrected chi connectivity index (χ2v) is 7.02. The first-order valence-corrected chi connectivity index (χ1v) is 9.28. The number of carbonyl (C=O) groups excluding carboxylic acids is 2. The van der Waals surface area contributed by atoms with Crippen LogP contribution in [-0.2, 0) is 20.8 Å². The average molecular weight is 360 g/mol. The molecule has 142 valence electrons. The topological polar surface area (TPSA) is 86.7 Å². The first kappa shape index (κ1) is 19.9. The van der Waals surface area contributed by atoms with E-state index in [1.165, 1.54) is 0 Å². The molecule has 0 saturated carbocycles. The minimum atomic E-state index is -1.05. The van der Waals surface area contributed by atoms with Crippen molar-refractivity contribution in [2.24, 2.45) is 11.8 Å². The number of hydrogen-bond acceptors (Lipinski definition) is 3. The first-order valence-electron chi connectivity index (χ1n) is 9.28. The lowest BCUT2D eigenvalue weighted by Crippen LogP contribution is -2.50. The van der Waals surface area contributed by atoms with E-state index in [-0.39, 0.29) is 30.1 Å². The molecule has 1 saturated heterocycles. The van der Waals surface area contributed by atoms with Crippen molar-refractivity contribution in [3.63, 3.8) is 0 Å². The number of likely N-dealkylation sites (tertiary alicyclic amines) is 1. The molecule has 1 heterocycles. The Bertz CT molecular complexity index is 632. The highest BCUT2D eigenvalue weighted by atomic mass is 16.4. The van der Waals surface area contributed by atoms with E-state index in [0.29, 0.717) is 19.5 Å². The predicted molar refractivity (Wildman–Crippen MR) is 98.5 cm³/mol. The molecule has 2 N–H and O–H groups in total. The Morgan fingerprint density at radius 2 is 1.96 bits per heavy atom. The molecule has 1 aliphatic heterocycles. The number of hydrogen-bond donors (Lipinski definition) is 2. The lowest BCUT2D eigenvalue weighted by Gasteiger charge is -2.34. The summed E-state index contributed by atoms with van der Waals surface area (Å²) in [4.78, 5) is 38.3. The lowest BCUT2D eigenvalue weighted by atomic mass is 9.94. The number of piperidine rings is 1. The summed E-state index contributed by atoms with van der Waals surface area (Å²) in [6.07, 6.45) is 2.44. The minimum Gasteiger partial charge on any atom is -0.480 e. The molecule has 26 heavy (non-hydrogen) atoms. The normalized spacial score (nSPS) is 19.5. The fraction of sp³-hybridized carbons (Fsp3) is 0.550. The summed E-state index contributed by atoms with van der Waals surface area (Å²) in [5.74, 6) is -1.67. The summed E-state index contributed by atoms with van der Waals surface area (Å²) in [7, 11) is 0. The van der Waals surface area contributed by atoms with E-state index in [2.05, 4.69) is 5.32 Å². The molecule has 6 heteroatoms. The Balaban J connectivity index is 1.97. The third-order valence-electron chi connectivity index (χ3n) is 5.04. The highest BCUT2D eigenvalue weighted by molar-refractivity contribution is 5.86. The van der Waals surface area contributed by atoms with Gasteiger partial charge in [0.05, 0.1) is 5.92 Å². The molecule has 2 amide bonds. The van der Waals surface area contributed by atoms with Crippen LogP contribution in [0.4, 0.5) is 0 Å². The second kappa shape index (κ2) is 9.36. The van der Waals surface area contributed by atoms with E-state index < -0.39 is 12.0 Å². The molecule has 6 nitrogen and oxygen atoms in total. The minimum absolute atomic E-state index is 0.0540. The number of aliphatic carboxylic acids is 1. The summed E-state index contributed by atoms with van der Waals surface area (Å²) in [6, 6.07) is 8.27. The van der Waals surface area contributed by atoms with Gasteiger partial charge < -0.3 is 15.3 Å². The molecular formula is C20H28N2O4. The molecule has 1 fully saturated rings. The third-order valence-corrected chi connectivity index (χ3v) is 5.04. The summed E-state index contributed by atoms with van der Waals surface area (Å²) in [5.41, 5.74) is 0.859. The van der Waals surface area contributed by atoms with Crippen LogP contribution < -0.4 is 5.32 Å². The van der Waals surface area contributed by atoms with E-state index in [1.807, 2.05) is 44.2 Å². The zero-order valence-electron chi connectivity index (χ0n) is 15.5. The molecular weight excluding hydrogens is 332 g/mol. The van der Waals surface area contributed by atoms with Crippen LogP contribution in [0, 0.1) is 11.8 Å². The standard InChI is InChI=1S/C20H28N2O4/c1-3-14(2)19(24)22-11-7-10-16(13-22)18(23)21-17(20(25)26)12-15-8-5-4-6-9-15/h4-6,8-9,14,16-17H,3,7,10-13H2,1-2H3,(H,21,23)(H,25,26)/t14?,16?,17-/m1/s1. The van der Waals surface area contributed by atoms with Crippen molar-refractivity contribution < 1.29 is 19.5 Å². The van der Waals surface area contributed by atoms with Crippen molar-refractivity contribution in [1.82, 2.24) is 10.2 Å². The number of nitrogens with zero attached hydrogens (tertiary/aromatic N) is 1. The number of rotatable bonds is 7. The van der Waals surface area contributed by atoms with E-state index >= 15 is 0 Å². The summed E-state index contributed by atoms with van der Waals surface area (Å²) in [5, 5.41) is 12.1. The summed E-state index contributed by atoms with van der Waals surface area (Å²) >= 11 is 0. The number of carboxylic acids is 1. The van der Waals surface area contributed by atoms with Crippen molar-refractivity contribution in [3.8, 4) is 0 Å². The molecule has 2 unspecified atom stereocenters. The molecule has 0 aromatic heterocycles.